The monoisotopic (exact) mass is 282 g/mol. The predicted octanol–water partition coefficient (Wildman–Crippen LogP) is 1.85. The molecule has 0 aromatic heterocycles. The lowest BCUT2D eigenvalue weighted by atomic mass is 10.2. The van der Waals surface area contributed by atoms with E-state index in [-0.39, 0.29) is 12.5 Å². The molecule has 0 bridgehead atoms. The molecule has 0 radical (unpaired) electrons. The number of carbonyl (C=O) groups is 1. The number of nitrogens with one attached hydrogen (secondary N) is 1. The summed E-state index contributed by atoms with van der Waals surface area (Å²) in [6.07, 6.45) is 0. The van der Waals surface area contributed by atoms with Gasteiger partial charge in [-0.15, -0.1) is 0 Å². The highest BCUT2D eigenvalue weighted by Gasteiger charge is 2.20. The number of carbonyl (C=O) groups excluding carboxylic acids is 1. The van der Waals surface area contributed by atoms with Crippen LogP contribution in [-0.4, -0.2) is 43.1 Å². The number of rotatable bonds is 3. The summed E-state index contributed by atoms with van der Waals surface area (Å²) in [5.74, 6) is 0.691. The van der Waals surface area contributed by atoms with Gasteiger partial charge in [0, 0.05) is 36.3 Å². The van der Waals surface area contributed by atoms with E-state index >= 15 is 0 Å². The summed E-state index contributed by atoms with van der Waals surface area (Å²) in [6, 6.07) is 5.80. The molecule has 1 aliphatic heterocycles. The van der Waals surface area contributed by atoms with Crippen molar-refractivity contribution >= 4 is 17.5 Å². The standard InChI is InChI=1S/C14H19ClN2O2/c1-10-8-17(7-6-16-10)14(18)9-19-13-5-3-4-12(15)11(13)2/h3-5,10,16H,6-9H2,1-2H3. The van der Waals surface area contributed by atoms with Gasteiger partial charge < -0.3 is 15.0 Å². The van der Waals surface area contributed by atoms with Crippen LogP contribution >= 0.6 is 11.6 Å². The molecule has 19 heavy (non-hydrogen) atoms. The zero-order chi connectivity index (χ0) is 13.8. The maximum atomic E-state index is 12.1. The van der Waals surface area contributed by atoms with Gasteiger partial charge in [-0.25, -0.2) is 0 Å². The van der Waals surface area contributed by atoms with Gasteiger partial charge in [-0.1, -0.05) is 17.7 Å². The van der Waals surface area contributed by atoms with E-state index in [1.54, 1.807) is 0 Å². The highest BCUT2D eigenvalue weighted by atomic mass is 35.5. The molecule has 1 aromatic carbocycles. The van der Waals surface area contributed by atoms with Gasteiger partial charge in [-0.05, 0) is 26.0 Å². The lowest BCUT2D eigenvalue weighted by Crippen LogP contribution is -2.52. The van der Waals surface area contributed by atoms with E-state index < -0.39 is 0 Å². The van der Waals surface area contributed by atoms with Gasteiger partial charge in [0.2, 0.25) is 0 Å². The smallest absolute Gasteiger partial charge is 0.260 e. The average molecular weight is 283 g/mol. The Balaban J connectivity index is 1.91. The molecule has 0 spiro atoms. The average Bonchev–Trinajstić information content (AvgIpc) is 2.40. The Morgan fingerprint density at radius 2 is 2.37 bits per heavy atom. The van der Waals surface area contributed by atoms with Crippen molar-refractivity contribution < 1.29 is 9.53 Å². The summed E-state index contributed by atoms with van der Waals surface area (Å²) in [6.45, 7) is 6.32. The van der Waals surface area contributed by atoms with Crippen molar-refractivity contribution in [1.29, 1.82) is 0 Å². The number of hydrogen-bond acceptors (Lipinski definition) is 3. The molecule has 104 valence electrons. The molecule has 1 unspecified atom stereocenters. The Hall–Kier alpha value is -1.26. The largest absolute Gasteiger partial charge is 0.483 e. The maximum Gasteiger partial charge on any atom is 0.260 e. The quantitative estimate of drug-likeness (QED) is 0.920. The lowest BCUT2D eigenvalue weighted by Gasteiger charge is -2.31. The Kier molecular flexibility index (Phi) is 4.66. The van der Waals surface area contributed by atoms with Crippen molar-refractivity contribution in [3.8, 4) is 5.75 Å². The second-order valence-corrected chi connectivity index (χ2v) is 5.25. The van der Waals surface area contributed by atoms with Crippen molar-refractivity contribution in [1.82, 2.24) is 10.2 Å². The summed E-state index contributed by atoms with van der Waals surface area (Å²) in [5.41, 5.74) is 0.866. The SMILES string of the molecule is Cc1c(Cl)cccc1OCC(=O)N1CCNC(C)C1. The third-order valence-corrected chi connectivity index (χ3v) is 3.70. The van der Waals surface area contributed by atoms with E-state index in [0.717, 1.165) is 25.2 Å². The van der Waals surface area contributed by atoms with E-state index in [0.29, 0.717) is 16.8 Å². The number of hydrogen-bond donors (Lipinski definition) is 1. The Labute approximate surface area is 118 Å². The third kappa shape index (κ3) is 3.61. The van der Waals surface area contributed by atoms with Crippen LogP contribution in [-0.2, 0) is 4.79 Å². The molecular weight excluding hydrogens is 264 g/mol. The minimum Gasteiger partial charge on any atom is -0.483 e. The predicted molar refractivity (Wildman–Crippen MR) is 75.7 cm³/mol. The van der Waals surface area contributed by atoms with Gasteiger partial charge in [0.15, 0.2) is 6.61 Å². The van der Waals surface area contributed by atoms with E-state index in [2.05, 4.69) is 12.2 Å². The zero-order valence-corrected chi connectivity index (χ0v) is 12.0. The summed E-state index contributed by atoms with van der Waals surface area (Å²) in [5, 5.41) is 3.96. The molecule has 1 aliphatic rings. The number of piperazine rings is 1. The van der Waals surface area contributed by atoms with Gasteiger partial charge in [-0.3, -0.25) is 4.79 Å². The first kappa shape index (κ1) is 14.2. The highest BCUT2D eigenvalue weighted by Crippen LogP contribution is 2.24. The van der Waals surface area contributed by atoms with Crippen LogP contribution in [0.4, 0.5) is 0 Å². The van der Waals surface area contributed by atoms with Crippen LogP contribution in [0.15, 0.2) is 18.2 Å². The number of ether oxygens (including phenoxy) is 1. The first-order chi connectivity index (χ1) is 9.08. The minimum absolute atomic E-state index is 0.0210. The Morgan fingerprint density at radius 3 is 3.11 bits per heavy atom. The van der Waals surface area contributed by atoms with Gasteiger partial charge in [-0.2, -0.15) is 0 Å². The molecule has 0 aliphatic carbocycles. The van der Waals surface area contributed by atoms with Crippen LogP contribution in [0.1, 0.15) is 12.5 Å². The molecule has 1 N–H and O–H groups in total. The Morgan fingerprint density at radius 1 is 1.58 bits per heavy atom. The summed E-state index contributed by atoms with van der Waals surface area (Å²) in [4.78, 5) is 13.9. The summed E-state index contributed by atoms with van der Waals surface area (Å²) in [7, 11) is 0. The summed E-state index contributed by atoms with van der Waals surface area (Å²) >= 11 is 6.01. The van der Waals surface area contributed by atoms with Crippen LogP contribution in [0.5, 0.6) is 5.75 Å². The zero-order valence-electron chi connectivity index (χ0n) is 11.3. The van der Waals surface area contributed by atoms with Crippen molar-refractivity contribution in [3.63, 3.8) is 0 Å². The van der Waals surface area contributed by atoms with Crippen LogP contribution in [0.3, 0.4) is 0 Å². The van der Waals surface area contributed by atoms with Crippen molar-refractivity contribution in [2.75, 3.05) is 26.2 Å². The maximum absolute atomic E-state index is 12.1. The fourth-order valence-electron chi connectivity index (χ4n) is 2.13. The molecule has 1 heterocycles. The molecular formula is C14H19ClN2O2. The topological polar surface area (TPSA) is 41.6 Å². The van der Waals surface area contributed by atoms with Crippen molar-refractivity contribution in [2.24, 2.45) is 0 Å². The van der Waals surface area contributed by atoms with Gasteiger partial charge >= 0.3 is 0 Å². The van der Waals surface area contributed by atoms with Crippen LogP contribution in [0.2, 0.25) is 5.02 Å². The molecule has 2 rings (SSSR count). The minimum atomic E-state index is 0.0210. The summed E-state index contributed by atoms with van der Waals surface area (Å²) < 4.78 is 5.57. The molecule has 1 amide bonds. The van der Waals surface area contributed by atoms with Crippen molar-refractivity contribution in [2.45, 2.75) is 19.9 Å². The molecule has 1 saturated heterocycles. The first-order valence-corrected chi connectivity index (χ1v) is 6.85. The van der Waals surface area contributed by atoms with E-state index in [1.165, 1.54) is 0 Å². The molecule has 4 nitrogen and oxygen atoms in total. The normalized spacial score (nSPS) is 19.3. The fourth-order valence-corrected chi connectivity index (χ4v) is 2.30. The number of nitrogens with zero attached hydrogens (tertiary/aromatic N) is 1. The second-order valence-electron chi connectivity index (χ2n) is 4.85. The first-order valence-electron chi connectivity index (χ1n) is 6.47. The Bertz CT molecular complexity index is 465. The van der Waals surface area contributed by atoms with Crippen LogP contribution < -0.4 is 10.1 Å². The second kappa shape index (κ2) is 6.26. The van der Waals surface area contributed by atoms with Crippen molar-refractivity contribution in [3.05, 3.63) is 28.8 Å². The van der Waals surface area contributed by atoms with Gasteiger partial charge in [0.1, 0.15) is 5.75 Å². The number of benzene rings is 1. The lowest BCUT2D eigenvalue weighted by molar-refractivity contribution is -0.134. The van der Waals surface area contributed by atoms with Crippen LogP contribution in [0.25, 0.3) is 0 Å². The van der Waals surface area contributed by atoms with Crippen LogP contribution in [0, 0.1) is 6.92 Å². The van der Waals surface area contributed by atoms with E-state index in [9.17, 15) is 4.79 Å². The highest BCUT2D eigenvalue weighted by molar-refractivity contribution is 6.31. The van der Waals surface area contributed by atoms with E-state index in [4.69, 9.17) is 16.3 Å². The molecule has 5 heteroatoms. The molecule has 1 atom stereocenters. The fraction of sp³-hybridized carbons (Fsp3) is 0.500. The molecule has 1 aromatic rings. The van der Waals surface area contributed by atoms with Gasteiger partial charge in [0.25, 0.3) is 5.91 Å². The van der Waals surface area contributed by atoms with E-state index in [1.807, 2.05) is 30.0 Å². The van der Waals surface area contributed by atoms with Gasteiger partial charge in [0.05, 0.1) is 0 Å². The number of halogens is 1. The molecule has 1 fully saturated rings. The third-order valence-electron chi connectivity index (χ3n) is 3.29. The number of amides is 1. The molecule has 0 saturated carbocycles.